The zero-order valence-electron chi connectivity index (χ0n) is 9.96. The van der Waals surface area contributed by atoms with E-state index in [1.54, 1.807) is 18.2 Å². The summed E-state index contributed by atoms with van der Waals surface area (Å²) in [4.78, 5) is 21.1. The van der Waals surface area contributed by atoms with Crippen LogP contribution >= 0.6 is 11.8 Å². The minimum absolute atomic E-state index is 0.0275. The van der Waals surface area contributed by atoms with E-state index in [-0.39, 0.29) is 10.8 Å². The van der Waals surface area contributed by atoms with Crippen LogP contribution in [0.1, 0.15) is 18.9 Å². The first-order valence-electron chi connectivity index (χ1n) is 5.34. The summed E-state index contributed by atoms with van der Waals surface area (Å²) >= 11 is 1.23. The number of benzene rings is 1. The van der Waals surface area contributed by atoms with Crippen LogP contribution in [-0.4, -0.2) is 15.8 Å². The summed E-state index contributed by atoms with van der Waals surface area (Å²) < 4.78 is 0. The molecule has 0 spiro atoms. The Morgan fingerprint density at radius 2 is 2.28 bits per heavy atom. The molecule has 0 heterocycles. The minimum Gasteiger partial charge on any atom is -0.399 e. The van der Waals surface area contributed by atoms with Gasteiger partial charge in [0.15, 0.2) is 5.12 Å². The molecule has 0 aliphatic carbocycles. The van der Waals surface area contributed by atoms with Gasteiger partial charge in [0.05, 0.1) is 10.5 Å². The third-order valence-electron chi connectivity index (χ3n) is 2.14. The van der Waals surface area contributed by atoms with E-state index in [1.807, 2.05) is 0 Å². The Hall–Kier alpha value is -1.82. The molecule has 0 aliphatic heterocycles. The molecule has 0 aromatic heterocycles. The fourth-order valence-corrected chi connectivity index (χ4v) is 1.90. The van der Waals surface area contributed by atoms with Gasteiger partial charge in [-0.25, -0.2) is 0 Å². The summed E-state index contributed by atoms with van der Waals surface area (Å²) in [5.41, 5.74) is 6.58. The van der Waals surface area contributed by atoms with E-state index in [1.165, 1.54) is 30.8 Å². The van der Waals surface area contributed by atoms with Crippen molar-refractivity contribution >= 4 is 34.3 Å². The maximum absolute atomic E-state index is 10.8. The van der Waals surface area contributed by atoms with Gasteiger partial charge in [-0.05, 0) is 18.6 Å². The van der Waals surface area contributed by atoms with Crippen molar-refractivity contribution in [2.75, 3.05) is 11.5 Å². The molecule has 6 heteroatoms. The Kier molecular flexibility index (Phi) is 5.38. The molecule has 1 aromatic carbocycles. The number of nitrogen functional groups attached to an aromatic ring is 1. The molecule has 0 aliphatic rings. The van der Waals surface area contributed by atoms with Gasteiger partial charge in [0, 0.05) is 24.4 Å². The fourth-order valence-electron chi connectivity index (χ4n) is 1.35. The van der Waals surface area contributed by atoms with Crippen LogP contribution in [0.4, 0.5) is 11.4 Å². The second-order valence-corrected chi connectivity index (χ2v) is 4.88. The SMILES string of the molecule is CC(=O)SCCC=Cc1cc(N)ccc1[N+](=O)[O-]. The lowest BCUT2D eigenvalue weighted by molar-refractivity contribution is -0.385. The molecule has 1 aromatic rings. The first-order valence-corrected chi connectivity index (χ1v) is 6.33. The van der Waals surface area contributed by atoms with Crippen molar-refractivity contribution in [3.05, 3.63) is 40.0 Å². The number of nitrogens with two attached hydrogens (primary N) is 1. The van der Waals surface area contributed by atoms with Crippen LogP contribution in [0.25, 0.3) is 6.08 Å². The van der Waals surface area contributed by atoms with Gasteiger partial charge in [-0.1, -0.05) is 23.9 Å². The third-order valence-corrected chi connectivity index (χ3v) is 2.98. The molecule has 2 N–H and O–H groups in total. The lowest BCUT2D eigenvalue weighted by Crippen LogP contribution is -1.93. The van der Waals surface area contributed by atoms with Crippen LogP contribution in [0.2, 0.25) is 0 Å². The number of anilines is 1. The molecular weight excluding hydrogens is 252 g/mol. The van der Waals surface area contributed by atoms with Crippen molar-refractivity contribution < 1.29 is 9.72 Å². The number of nitro benzene ring substituents is 1. The quantitative estimate of drug-likeness (QED) is 0.383. The van der Waals surface area contributed by atoms with E-state index < -0.39 is 4.92 Å². The van der Waals surface area contributed by atoms with E-state index in [0.717, 1.165) is 0 Å². The number of hydrogen-bond acceptors (Lipinski definition) is 5. The fraction of sp³-hybridized carbons (Fsp3) is 0.250. The van der Waals surface area contributed by atoms with E-state index in [0.29, 0.717) is 23.4 Å². The smallest absolute Gasteiger partial charge is 0.276 e. The summed E-state index contributed by atoms with van der Waals surface area (Å²) in [5, 5.41) is 10.9. The van der Waals surface area contributed by atoms with Crippen molar-refractivity contribution in [3.8, 4) is 0 Å². The molecule has 1 rings (SSSR count). The molecule has 0 fully saturated rings. The standard InChI is InChI=1S/C12H14N2O3S/c1-9(15)18-7-3-2-4-10-8-11(13)5-6-12(10)14(16)17/h2,4-6,8H,3,7,13H2,1H3. The van der Waals surface area contributed by atoms with Gasteiger partial charge in [-0.3, -0.25) is 14.9 Å². The molecule has 0 bridgehead atoms. The van der Waals surface area contributed by atoms with Gasteiger partial charge in [0.1, 0.15) is 0 Å². The first-order chi connectivity index (χ1) is 8.50. The van der Waals surface area contributed by atoms with Gasteiger partial charge >= 0.3 is 0 Å². The number of thioether (sulfide) groups is 1. The van der Waals surface area contributed by atoms with Crippen LogP contribution in [0, 0.1) is 10.1 Å². The summed E-state index contributed by atoms with van der Waals surface area (Å²) in [6.45, 7) is 1.51. The van der Waals surface area contributed by atoms with Crippen LogP contribution < -0.4 is 5.73 Å². The number of carbonyl (C=O) groups excluding carboxylic acids is 1. The summed E-state index contributed by atoms with van der Waals surface area (Å²) in [7, 11) is 0. The summed E-state index contributed by atoms with van der Waals surface area (Å²) in [6, 6.07) is 4.45. The molecule has 0 radical (unpaired) electrons. The van der Waals surface area contributed by atoms with Crippen LogP contribution in [0.5, 0.6) is 0 Å². The normalized spacial score (nSPS) is 10.7. The molecule has 5 nitrogen and oxygen atoms in total. The highest BCUT2D eigenvalue weighted by atomic mass is 32.2. The number of hydrogen-bond donors (Lipinski definition) is 1. The van der Waals surface area contributed by atoms with Gasteiger partial charge in [-0.2, -0.15) is 0 Å². The van der Waals surface area contributed by atoms with Crippen LogP contribution in [0.15, 0.2) is 24.3 Å². The molecule has 0 saturated carbocycles. The zero-order valence-corrected chi connectivity index (χ0v) is 10.8. The molecule has 0 amide bonds. The minimum atomic E-state index is -0.441. The van der Waals surface area contributed by atoms with E-state index in [2.05, 4.69) is 0 Å². The molecule has 0 saturated heterocycles. The largest absolute Gasteiger partial charge is 0.399 e. The molecule has 0 unspecified atom stereocenters. The zero-order chi connectivity index (χ0) is 13.5. The maximum atomic E-state index is 10.8. The summed E-state index contributed by atoms with van der Waals surface area (Å²) in [6.07, 6.45) is 4.14. The van der Waals surface area contributed by atoms with E-state index in [9.17, 15) is 14.9 Å². The molecule has 96 valence electrons. The number of allylic oxidation sites excluding steroid dienone is 1. The Morgan fingerprint density at radius 3 is 2.89 bits per heavy atom. The van der Waals surface area contributed by atoms with Crippen LogP contribution in [-0.2, 0) is 4.79 Å². The average Bonchev–Trinajstić information content (AvgIpc) is 2.27. The van der Waals surface area contributed by atoms with Gasteiger partial charge < -0.3 is 5.73 Å². The Morgan fingerprint density at radius 1 is 1.56 bits per heavy atom. The highest BCUT2D eigenvalue weighted by Crippen LogP contribution is 2.22. The number of rotatable bonds is 5. The van der Waals surface area contributed by atoms with Crippen molar-refractivity contribution in [2.45, 2.75) is 13.3 Å². The Bertz CT molecular complexity index is 486. The lowest BCUT2D eigenvalue weighted by Gasteiger charge is -1.99. The number of nitrogens with zero attached hydrogens (tertiary/aromatic N) is 1. The average molecular weight is 266 g/mol. The van der Waals surface area contributed by atoms with Crippen molar-refractivity contribution in [3.63, 3.8) is 0 Å². The topological polar surface area (TPSA) is 86.2 Å². The van der Waals surface area contributed by atoms with Crippen LogP contribution in [0.3, 0.4) is 0 Å². The third kappa shape index (κ3) is 4.58. The van der Waals surface area contributed by atoms with Gasteiger partial charge in [0.2, 0.25) is 0 Å². The number of nitro groups is 1. The first kappa shape index (κ1) is 14.2. The van der Waals surface area contributed by atoms with Crippen molar-refractivity contribution in [1.29, 1.82) is 0 Å². The Labute approximate surface area is 109 Å². The van der Waals surface area contributed by atoms with Crippen molar-refractivity contribution in [1.82, 2.24) is 0 Å². The second kappa shape index (κ2) is 6.80. The Balaban J connectivity index is 2.70. The summed E-state index contributed by atoms with van der Waals surface area (Å²) in [5.74, 6) is 0.669. The predicted molar refractivity (Wildman–Crippen MR) is 74.3 cm³/mol. The van der Waals surface area contributed by atoms with Crippen molar-refractivity contribution in [2.24, 2.45) is 0 Å². The van der Waals surface area contributed by atoms with Gasteiger partial charge in [0.25, 0.3) is 5.69 Å². The predicted octanol–water partition coefficient (Wildman–Crippen LogP) is 2.86. The molecule has 18 heavy (non-hydrogen) atoms. The highest BCUT2D eigenvalue weighted by Gasteiger charge is 2.10. The molecular formula is C12H14N2O3S. The highest BCUT2D eigenvalue weighted by molar-refractivity contribution is 8.13. The van der Waals surface area contributed by atoms with E-state index in [4.69, 9.17) is 5.73 Å². The lowest BCUT2D eigenvalue weighted by atomic mass is 10.1. The second-order valence-electron chi connectivity index (χ2n) is 3.61. The number of carbonyl (C=O) groups is 1. The maximum Gasteiger partial charge on any atom is 0.276 e. The monoisotopic (exact) mass is 266 g/mol. The molecule has 0 atom stereocenters. The van der Waals surface area contributed by atoms with Gasteiger partial charge in [-0.15, -0.1) is 0 Å². The van der Waals surface area contributed by atoms with E-state index >= 15 is 0 Å².